The minimum absolute atomic E-state index is 0.0677. The molecule has 0 bridgehead atoms. The first-order valence-electron chi connectivity index (χ1n) is 4.64. The topological polar surface area (TPSA) is 90.2 Å². The lowest BCUT2D eigenvalue weighted by Crippen LogP contribution is -2.30. The molecule has 0 saturated carbocycles. The fourth-order valence-corrected chi connectivity index (χ4v) is 2.27. The highest BCUT2D eigenvalue weighted by atomic mass is 32.2. The van der Waals surface area contributed by atoms with Crippen molar-refractivity contribution in [3.63, 3.8) is 0 Å². The van der Waals surface area contributed by atoms with Crippen molar-refractivity contribution < 1.29 is 9.66 Å². The molecule has 1 aliphatic heterocycles. The van der Waals surface area contributed by atoms with Gasteiger partial charge in [-0.2, -0.15) is 0 Å². The van der Waals surface area contributed by atoms with Gasteiger partial charge < -0.3 is 10.1 Å². The summed E-state index contributed by atoms with van der Waals surface area (Å²) in [6, 6.07) is 0. The number of rotatable bonds is 4. The zero-order valence-electron chi connectivity index (χ0n) is 8.54. The zero-order valence-corrected chi connectivity index (χ0v) is 9.36. The number of thioether (sulfide) groups is 1. The second kappa shape index (κ2) is 4.62. The summed E-state index contributed by atoms with van der Waals surface area (Å²) in [5.41, 5.74) is -0.0677. The van der Waals surface area contributed by atoms with Crippen molar-refractivity contribution in [3.05, 3.63) is 16.4 Å². The van der Waals surface area contributed by atoms with Crippen LogP contribution in [0.15, 0.2) is 11.4 Å². The molecule has 0 aromatic carbocycles. The highest BCUT2D eigenvalue weighted by molar-refractivity contribution is 8.00. The molecule has 0 atom stereocenters. The molecule has 1 saturated heterocycles. The molecule has 2 heterocycles. The van der Waals surface area contributed by atoms with Crippen LogP contribution >= 0.6 is 11.8 Å². The summed E-state index contributed by atoms with van der Waals surface area (Å²) in [4.78, 5) is 18.2. The molecule has 0 amide bonds. The second-order valence-electron chi connectivity index (χ2n) is 3.16. The molecular weight excluding hydrogens is 232 g/mol. The maximum Gasteiger partial charge on any atom is 0.343 e. The van der Waals surface area contributed by atoms with E-state index in [1.165, 1.54) is 18.1 Å². The summed E-state index contributed by atoms with van der Waals surface area (Å²) >= 11 is 1.36. The number of anilines is 1. The summed E-state index contributed by atoms with van der Waals surface area (Å²) in [6.07, 6.45) is 1.32. The van der Waals surface area contributed by atoms with E-state index in [0.29, 0.717) is 18.2 Å². The molecule has 7 nitrogen and oxygen atoms in total. The van der Waals surface area contributed by atoms with Crippen LogP contribution in [-0.4, -0.2) is 40.4 Å². The van der Waals surface area contributed by atoms with Crippen LogP contribution in [-0.2, 0) is 4.74 Å². The number of hydrogen-bond donors (Lipinski definition) is 1. The van der Waals surface area contributed by atoms with E-state index in [1.54, 1.807) is 7.05 Å². The van der Waals surface area contributed by atoms with Crippen molar-refractivity contribution in [1.82, 2.24) is 9.97 Å². The fourth-order valence-electron chi connectivity index (χ4n) is 1.24. The van der Waals surface area contributed by atoms with Gasteiger partial charge in [0.05, 0.1) is 23.4 Å². The largest absolute Gasteiger partial charge is 0.379 e. The predicted octanol–water partition coefficient (Wildman–Crippen LogP) is 0.917. The van der Waals surface area contributed by atoms with Crippen LogP contribution in [0.5, 0.6) is 0 Å². The molecule has 1 aromatic heterocycles. The van der Waals surface area contributed by atoms with Gasteiger partial charge >= 0.3 is 5.69 Å². The maximum atomic E-state index is 10.9. The Labute approximate surface area is 95.8 Å². The summed E-state index contributed by atoms with van der Waals surface area (Å²) in [6.45, 7) is 1.22. The van der Waals surface area contributed by atoms with Crippen LogP contribution in [0.25, 0.3) is 0 Å². The Morgan fingerprint density at radius 1 is 1.62 bits per heavy atom. The van der Waals surface area contributed by atoms with E-state index in [2.05, 4.69) is 15.3 Å². The van der Waals surface area contributed by atoms with Gasteiger partial charge in [0, 0.05) is 7.05 Å². The van der Waals surface area contributed by atoms with Crippen LogP contribution in [0, 0.1) is 10.1 Å². The molecule has 2 rings (SSSR count). The Morgan fingerprint density at radius 3 is 2.88 bits per heavy atom. The van der Waals surface area contributed by atoms with Crippen molar-refractivity contribution in [2.45, 2.75) is 10.3 Å². The zero-order chi connectivity index (χ0) is 11.5. The Morgan fingerprint density at radius 2 is 2.38 bits per heavy atom. The van der Waals surface area contributed by atoms with E-state index in [1.807, 2.05) is 0 Å². The first-order chi connectivity index (χ1) is 7.72. The number of nitrogens with one attached hydrogen (secondary N) is 1. The lowest BCUT2D eigenvalue weighted by molar-refractivity contribution is -0.387. The van der Waals surface area contributed by atoms with Crippen LogP contribution in [0.1, 0.15) is 0 Å². The van der Waals surface area contributed by atoms with E-state index in [-0.39, 0.29) is 16.8 Å². The molecule has 1 aromatic rings. The molecule has 1 fully saturated rings. The number of nitrogens with zero attached hydrogens (tertiary/aromatic N) is 3. The highest BCUT2D eigenvalue weighted by Gasteiger charge is 2.28. The van der Waals surface area contributed by atoms with Crippen LogP contribution in [0.2, 0.25) is 0 Å². The molecule has 8 heteroatoms. The smallest absolute Gasteiger partial charge is 0.343 e. The summed E-state index contributed by atoms with van der Waals surface area (Å²) in [5, 5.41) is 14.3. The van der Waals surface area contributed by atoms with Gasteiger partial charge in [0.2, 0.25) is 5.82 Å². The van der Waals surface area contributed by atoms with Gasteiger partial charge in [-0.25, -0.2) is 9.97 Å². The first-order valence-corrected chi connectivity index (χ1v) is 5.52. The number of hydrogen-bond acceptors (Lipinski definition) is 7. The summed E-state index contributed by atoms with van der Waals surface area (Å²) < 4.78 is 5.01. The second-order valence-corrected chi connectivity index (χ2v) is 4.45. The normalized spacial score (nSPS) is 15.6. The molecule has 1 N–H and O–H groups in total. The average molecular weight is 242 g/mol. The SMILES string of the molecule is CNc1ncnc(SC2COC2)c1[N+](=O)[O-]. The van der Waals surface area contributed by atoms with Crippen LogP contribution < -0.4 is 5.32 Å². The molecule has 0 spiro atoms. The van der Waals surface area contributed by atoms with E-state index in [9.17, 15) is 10.1 Å². The Kier molecular flexibility index (Phi) is 3.20. The minimum Gasteiger partial charge on any atom is -0.379 e. The Balaban J connectivity index is 2.30. The van der Waals surface area contributed by atoms with Crippen LogP contribution in [0.3, 0.4) is 0 Å². The molecule has 0 unspecified atom stereocenters. The number of aromatic nitrogens is 2. The van der Waals surface area contributed by atoms with Gasteiger partial charge in [-0.15, -0.1) is 0 Å². The molecule has 16 heavy (non-hydrogen) atoms. The first kappa shape index (κ1) is 11.1. The lowest BCUT2D eigenvalue weighted by Gasteiger charge is -2.24. The van der Waals surface area contributed by atoms with Gasteiger partial charge in [0.15, 0.2) is 5.03 Å². The number of nitro groups is 1. The van der Waals surface area contributed by atoms with Gasteiger partial charge in [-0.1, -0.05) is 11.8 Å². The van der Waals surface area contributed by atoms with Crippen LogP contribution in [0.4, 0.5) is 11.5 Å². The summed E-state index contributed by atoms with van der Waals surface area (Å²) in [7, 11) is 1.59. The average Bonchev–Trinajstić information content (AvgIpc) is 2.22. The van der Waals surface area contributed by atoms with Crippen molar-refractivity contribution in [2.24, 2.45) is 0 Å². The molecule has 0 radical (unpaired) electrons. The summed E-state index contributed by atoms with van der Waals surface area (Å²) in [5.74, 6) is 0.239. The van der Waals surface area contributed by atoms with E-state index in [4.69, 9.17) is 4.74 Å². The van der Waals surface area contributed by atoms with Gasteiger partial charge in [-0.3, -0.25) is 10.1 Å². The molecule has 86 valence electrons. The fraction of sp³-hybridized carbons (Fsp3) is 0.500. The van der Waals surface area contributed by atoms with Gasteiger partial charge in [0.25, 0.3) is 0 Å². The lowest BCUT2D eigenvalue weighted by atomic mass is 10.4. The number of ether oxygens (including phenoxy) is 1. The minimum atomic E-state index is -0.465. The molecule has 0 aliphatic carbocycles. The molecular formula is C8H10N4O3S. The van der Waals surface area contributed by atoms with Crippen molar-refractivity contribution in [3.8, 4) is 0 Å². The van der Waals surface area contributed by atoms with E-state index >= 15 is 0 Å². The highest BCUT2D eigenvalue weighted by Crippen LogP contribution is 2.35. The maximum absolute atomic E-state index is 10.9. The Bertz CT molecular complexity index is 410. The standard InChI is InChI=1S/C8H10N4O3S/c1-9-7-6(12(13)14)8(11-4-10-7)16-5-2-15-3-5/h4-5H,2-3H2,1H3,(H,9,10,11). The Hall–Kier alpha value is -1.41. The van der Waals surface area contributed by atoms with Crippen molar-refractivity contribution in [1.29, 1.82) is 0 Å². The van der Waals surface area contributed by atoms with Crippen molar-refractivity contribution in [2.75, 3.05) is 25.6 Å². The quantitative estimate of drug-likeness (QED) is 0.477. The van der Waals surface area contributed by atoms with E-state index in [0.717, 1.165) is 0 Å². The third-order valence-electron chi connectivity index (χ3n) is 2.09. The molecule has 1 aliphatic rings. The monoisotopic (exact) mass is 242 g/mol. The van der Waals surface area contributed by atoms with Gasteiger partial charge in [-0.05, 0) is 0 Å². The predicted molar refractivity (Wildman–Crippen MR) is 58.7 cm³/mol. The third kappa shape index (κ3) is 2.07. The van der Waals surface area contributed by atoms with Gasteiger partial charge in [0.1, 0.15) is 6.33 Å². The van der Waals surface area contributed by atoms with E-state index < -0.39 is 4.92 Å². The van der Waals surface area contributed by atoms with Crippen molar-refractivity contribution >= 4 is 23.3 Å². The third-order valence-corrected chi connectivity index (χ3v) is 3.22.